The fourth-order valence-corrected chi connectivity index (χ4v) is 2.26. The monoisotopic (exact) mass is 288 g/mol. The fraction of sp³-hybridized carbons (Fsp3) is 0.500. The van der Waals surface area contributed by atoms with Crippen molar-refractivity contribution in [1.82, 2.24) is 4.98 Å². The fourth-order valence-electron chi connectivity index (χ4n) is 2.26. The number of carbonyl (C=O) groups excluding carboxylic acids is 1. The first-order valence-electron chi connectivity index (χ1n) is 6.16. The quantitative estimate of drug-likeness (QED) is 0.868. The lowest BCUT2D eigenvalue weighted by Gasteiger charge is -2.21. The Balaban J connectivity index is 2.40. The van der Waals surface area contributed by atoms with E-state index in [9.17, 15) is 18.0 Å². The van der Waals surface area contributed by atoms with Gasteiger partial charge in [-0.3, -0.25) is 4.79 Å². The predicted molar refractivity (Wildman–Crippen MR) is 67.1 cm³/mol. The lowest BCUT2D eigenvalue weighted by Crippen LogP contribution is -2.28. The van der Waals surface area contributed by atoms with Crippen LogP contribution in [0.15, 0.2) is 12.1 Å². The van der Waals surface area contributed by atoms with E-state index in [0.717, 1.165) is 18.6 Å². The minimum atomic E-state index is -4.56. The van der Waals surface area contributed by atoms with E-state index in [1.54, 1.807) is 4.90 Å². The molecule has 1 fully saturated rings. The summed E-state index contributed by atoms with van der Waals surface area (Å²) in [4.78, 5) is 16.5. The number of primary amides is 1. The molecule has 20 heavy (non-hydrogen) atoms. The molecule has 1 unspecified atom stereocenters. The van der Waals surface area contributed by atoms with Gasteiger partial charge in [0.1, 0.15) is 11.5 Å². The van der Waals surface area contributed by atoms with Gasteiger partial charge in [0, 0.05) is 13.1 Å². The predicted octanol–water partition coefficient (Wildman–Crippen LogP) is 0.984. The third kappa shape index (κ3) is 2.84. The average Bonchev–Trinajstić information content (AvgIpc) is 2.85. The van der Waals surface area contributed by atoms with Crippen molar-refractivity contribution in [3.63, 3.8) is 0 Å². The number of aromatic nitrogens is 1. The van der Waals surface area contributed by atoms with Crippen LogP contribution in [0, 0.1) is 5.92 Å². The van der Waals surface area contributed by atoms with Crippen LogP contribution in [0.1, 0.15) is 22.5 Å². The Morgan fingerprint density at radius 3 is 2.65 bits per heavy atom. The normalized spacial score (nSPS) is 19.4. The second-order valence-corrected chi connectivity index (χ2v) is 4.77. The third-order valence-electron chi connectivity index (χ3n) is 3.35. The van der Waals surface area contributed by atoms with Crippen molar-refractivity contribution in [2.75, 3.05) is 24.5 Å². The van der Waals surface area contributed by atoms with Gasteiger partial charge in [-0.1, -0.05) is 0 Å². The molecule has 1 saturated heterocycles. The van der Waals surface area contributed by atoms with Gasteiger partial charge in [0.05, 0.1) is 5.56 Å². The maximum atomic E-state index is 12.7. The molecule has 110 valence electrons. The summed E-state index contributed by atoms with van der Waals surface area (Å²) in [6, 6.07) is 1.84. The van der Waals surface area contributed by atoms with Crippen molar-refractivity contribution in [2.45, 2.75) is 12.6 Å². The molecule has 1 atom stereocenters. The van der Waals surface area contributed by atoms with E-state index in [0.29, 0.717) is 19.6 Å². The standard InChI is InChI=1S/C12H15F3N4O/c13-12(14,15)9-2-1-8(10(17)20)11(18-9)19-4-3-7(5-16)6-19/h1-2,7H,3-6,16H2,(H2,17,20). The molecular weight excluding hydrogens is 273 g/mol. The van der Waals surface area contributed by atoms with E-state index in [1.807, 2.05) is 0 Å². The summed E-state index contributed by atoms with van der Waals surface area (Å²) in [5.74, 6) is -0.618. The molecule has 2 rings (SSSR count). The van der Waals surface area contributed by atoms with Gasteiger partial charge in [-0.25, -0.2) is 4.98 Å². The first-order valence-corrected chi connectivity index (χ1v) is 6.16. The van der Waals surface area contributed by atoms with Crippen molar-refractivity contribution in [3.8, 4) is 0 Å². The molecule has 5 nitrogen and oxygen atoms in total. The molecule has 8 heteroatoms. The van der Waals surface area contributed by atoms with E-state index in [4.69, 9.17) is 11.5 Å². The average molecular weight is 288 g/mol. The Labute approximate surface area is 113 Å². The molecule has 0 radical (unpaired) electrons. The number of rotatable bonds is 3. The van der Waals surface area contributed by atoms with Crippen LogP contribution in [0.3, 0.4) is 0 Å². The molecule has 0 aliphatic carbocycles. The maximum absolute atomic E-state index is 12.7. The van der Waals surface area contributed by atoms with Crippen LogP contribution in [0.25, 0.3) is 0 Å². The smallest absolute Gasteiger partial charge is 0.365 e. The lowest BCUT2D eigenvalue weighted by molar-refractivity contribution is -0.141. The summed E-state index contributed by atoms with van der Waals surface area (Å²) >= 11 is 0. The molecule has 4 N–H and O–H groups in total. The highest BCUT2D eigenvalue weighted by atomic mass is 19.4. The Morgan fingerprint density at radius 1 is 1.45 bits per heavy atom. The topological polar surface area (TPSA) is 85.2 Å². The molecule has 1 aromatic rings. The summed E-state index contributed by atoms with van der Waals surface area (Å²) in [5, 5.41) is 0. The van der Waals surface area contributed by atoms with E-state index >= 15 is 0 Å². The first kappa shape index (κ1) is 14.6. The number of nitrogens with two attached hydrogens (primary N) is 2. The van der Waals surface area contributed by atoms with Gasteiger partial charge in [0.15, 0.2) is 0 Å². The van der Waals surface area contributed by atoms with Gasteiger partial charge in [-0.05, 0) is 31.0 Å². The van der Waals surface area contributed by atoms with Crippen LogP contribution in [0.5, 0.6) is 0 Å². The first-order chi connectivity index (χ1) is 9.32. The highest BCUT2D eigenvalue weighted by molar-refractivity contribution is 5.97. The van der Waals surface area contributed by atoms with Gasteiger partial charge in [-0.15, -0.1) is 0 Å². The number of halogens is 3. The highest BCUT2D eigenvalue weighted by Crippen LogP contribution is 2.32. The Morgan fingerprint density at radius 2 is 2.15 bits per heavy atom. The van der Waals surface area contributed by atoms with E-state index in [-0.39, 0.29) is 17.3 Å². The second-order valence-electron chi connectivity index (χ2n) is 4.77. The zero-order chi connectivity index (χ0) is 14.9. The molecule has 2 heterocycles. The van der Waals surface area contributed by atoms with Gasteiger partial charge >= 0.3 is 6.18 Å². The zero-order valence-corrected chi connectivity index (χ0v) is 10.7. The van der Waals surface area contributed by atoms with Crippen LogP contribution in [0.2, 0.25) is 0 Å². The summed E-state index contributed by atoms with van der Waals surface area (Å²) in [7, 11) is 0. The summed E-state index contributed by atoms with van der Waals surface area (Å²) in [6.45, 7) is 1.43. The number of amides is 1. The minimum absolute atomic E-state index is 0.00401. The summed E-state index contributed by atoms with van der Waals surface area (Å²) in [6.07, 6.45) is -3.80. The number of alkyl halides is 3. The number of hydrogen-bond donors (Lipinski definition) is 2. The van der Waals surface area contributed by atoms with Gasteiger partial charge in [0.2, 0.25) is 0 Å². The van der Waals surface area contributed by atoms with Gasteiger partial charge < -0.3 is 16.4 Å². The van der Waals surface area contributed by atoms with Crippen LogP contribution in [0.4, 0.5) is 19.0 Å². The molecule has 1 aliphatic heterocycles. The number of nitrogens with zero attached hydrogens (tertiary/aromatic N) is 2. The molecular formula is C12H15F3N4O. The third-order valence-corrected chi connectivity index (χ3v) is 3.35. The van der Waals surface area contributed by atoms with E-state index in [1.165, 1.54) is 0 Å². The van der Waals surface area contributed by atoms with Crippen LogP contribution < -0.4 is 16.4 Å². The molecule has 0 bridgehead atoms. The Kier molecular flexibility index (Phi) is 3.85. The van der Waals surface area contributed by atoms with Gasteiger partial charge in [-0.2, -0.15) is 13.2 Å². The van der Waals surface area contributed by atoms with E-state index < -0.39 is 17.8 Å². The molecule has 0 saturated carbocycles. The lowest BCUT2D eigenvalue weighted by atomic mass is 10.1. The van der Waals surface area contributed by atoms with Crippen LogP contribution in [-0.2, 0) is 6.18 Å². The minimum Gasteiger partial charge on any atom is -0.365 e. The van der Waals surface area contributed by atoms with Crippen molar-refractivity contribution < 1.29 is 18.0 Å². The number of carbonyl (C=O) groups is 1. The maximum Gasteiger partial charge on any atom is 0.433 e. The SMILES string of the molecule is NCC1CCN(c2nc(C(F)(F)F)ccc2C(N)=O)C1. The Hall–Kier alpha value is -1.83. The van der Waals surface area contributed by atoms with Crippen molar-refractivity contribution >= 4 is 11.7 Å². The highest BCUT2D eigenvalue weighted by Gasteiger charge is 2.35. The molecule has 1 aromatic heterocycles. The second kappa shape index (κ2) is 5.28. The molecule has 0 spiro atoms. The number of anilines is 1. The number of hydrogen-bond acceptors (Lipinski definition) is 4. The van der Waals surface area contributed by atoms with Crippen molar-refractivity contribution in [2.24, 2.45) is 17.4 Å². The van der Waals surface area contributed by atoms with E-state index in [2.05, 4.69) is 4.98 Å². The van der Waals surface area contributed by atoms with Crippen molar-refractivity contribution in [1.29, 1.82) is 0 Å². The summed E-state index contributed by atoms with van der Waals surface area (Å²) in [5.41, 5.74) is 9.71. The molecule has 1 aliphatic rings. The number of pyridine rings is 1. The van der Waals surface area contributed by atoms with Crippen LogP contribution >= 0.6 is 0 Å². The van der Waals surface area contributed by atoms with Crippen molar-refractivity contribution in [3.05, 3.63) is 23.4 Å². The molecule has 0 aromatic carbocycles. The Bertz CT molecular complexity index is 518. The summed E-state index contributed by atoms with van der Waals surface area (Å²) < 4.78 is 38.1. The van der Waals surface area contributed by atoms with Crippen LogP contribution in [-0.4, -0.2) is 30.5 Å². The largest absolute Gasteiger partial charge is 0.433 e. The zero-order valence-electron chi connectivity index (χ0n) is 10.7. The van der Waals surface area contributed by atoms with Gasteiger partial charge in [0.25, 0.3) is 5.91 Å². The molecule has 1 amide bonds.